The first-order chi connectivity index (χ1) is 14.3. The molecule has 1 aliphatic carbocycles. The SMILES string of the molecule is CCOC(=O)c1oc2ccc(S(=O)(=O)NCCn3c(C)cnc3C3CC3)cc2c1C. The van der Waals surface area contributed by atoms with E-state index in [0.717, 1.165) is 24.4 Å². The van der Waals surface area contributed by atoms with E-state index in [2.05, 4.69) is 14.3 Å². The Bertz CT molecular complexity index is 1200. The molecule has 9 heteroatoms. The van der Waals surface area contributed by atoms with Gasteiger partial charge in [0.05, 0.1) is 11.5 Å². The highest BCUT2D eigenvalue weighted by atomic mass is 32.2. The molecule has 1 aromatic carbocycles. The molecule has 1 aliphatic rings. The fraction of sp³-hybridized carbons (Fsp3) is 0.429. The number of aromatic nitrogens is 2. The maximum atomic E-state index is 12.8. The van der Waals surface area contributed by atoms with E-state index in [1.54, 1.807) is 19.9 Å². The van der Waals surface area contributed by atoms with Crippen molar-refractivity contribution in [3.63, 3.8) is 0 Å². The summed E-state index contributed by atoms with van der Waals surface area (Å²) in [6, 6.07) is 4.56. The average molecular weight is 432 g/mol. The number of rotatable bonds is 8. The summed E-state index contributed by atoms with van der Waals surface area (Å²) in [5.41, 5.74) is 2.03. The zero-order valence-electron chi connectivity index (χ0n) is 17.3. The smallest absolute Gasteiger partial charge is 0.374 e. The minimum Gasteiger partial charge on any atom is -0.460 e. The van der Waals surface area contributed by atoms with E-state index in [1.165, 1.54) is 12.1 Å². The molecule has 160 valence electrons. The Hall–Kier alpha value is -2.65. The number of ether oxygens (including phenoxy) is 1. The number of esters is 1. The molecule has 0 aliphatic heterocycles. The van der Waals surface area contributed by atoms with Gasteiger partial charge in [0.25, 0.3) is 0 Å². The largest absolute Gasteiger partial charge is 0.460 e. The van der Waals surface area contributed by atoms with Gasteiger partial charge in [-0.3, -0.25) is 0 Å². The lowest BCUT2D eigenvalue weighted by atomic mass is 10.1. The van der Waals surface area contributed by atoms with Gasteiger partial charge >= 0.3 is 5.97 Å². The van der Waals surface area contributed by atoms with Crippen molar-refractivity contribution in [1.29, 1.82) is 0 Å². The highest BCUT2D eigenvalue weighted by molar-refractivity contribution is 7.89. The van der Waals surface area contributed by atoms with Crippen molar-refractivity contribution in [3.05, 3.63) is 47.2 Å². The molecule has 1 saturated carbocycles. The predicted octanol–water partition coefficient (Wildman–Crippen LogP) is 3.28. The molecule has 3 aromatic rings. The lowest BCUT2D eigenvalue weighted by Gasteiger charge is -2.11. The van der Waals surface area contributed by atoms with Gasteiger partial charge in [-0.2, -0.15) is 0 Å². The van der Waals surface area contributed by atoms with Crippen molar-refractivity contribution in [2.24, 2.45) is 0 Å². The van der Waals surface area contributed by atoms with Crippen molar-refractivity contribution in [3.8, 4) is 0 Å². The Labute approximate surface area is 175 Å². The third-order valence-electron chi connectivity index (χ3n) is 5.33. The number of nitrogens with one attached hydrogen (secondary N) is 1. The monoisotopic (exact) mass is 431 g/mol. The van der Waals surface area contributed by atoms with Crippen LogP contribution >= 0.6 is 0 Å². The van der Waals surface area contributed by atoms with Crippen molar-refractivity contribution in [1.82, 2.24) is 14.3 Å². The summed E-state index contributed by atoms with van der Waals surface area (Å²) in [7, 11) is -3.71. The minimum atomic E-state index is -3.71. The Morgan fingerprint density at radius 1 is 1.33 bits per heavy atom. The fourth-order valence-corrected chi connectivity index (χ4v) is 4.62. The van der Waals surface area contributed by atoms with E-state index >= 15 is 0 Å². The molecule has 0 spiro atoms. The number of imidazole rings is 1. The van der Waals surface area contributed by atoms with Gasteiger partial charge in [0.15, 0.2) is 0 Å². The highest BCUT2D eigenvalue weighted by Gasteiger charge is 2.28. The van der Waals surface area contributed by atoms with Gasteiger partial charge in [0, 0.05) is 41.8 Å². The number of carbonyl (C=O) groups excluding carboxylic acids is 1. The molecule has 0 saturated heterocycles. The highest BCUT2D eigenvalue weighted by Crippen LogP contribution is 2.39. The molecule has 1 fully saturated rings. The van der Waals surface area contributed by atoms with Gasteiger partial charge in [-0.15, -0.1) is 0 Å². The summed E-state index contributed by atoms with van der Waals surface area (Å²) < 4.78 is 40.9. The normalized spacial score (nSPS) is 14.4. The van der Waals surface area contributed by atoms with Gasteiger partial charge in [-0.05, 0) is 51.8 Å². The van der Waals surface area contributed by atoms with Crippen molar-refractivity contribution in [2.75, 3.05) is 13.2 Å². The number of nitrogens with zero attached hydrogens (tertiary/aromatic N) is 2. The summed E-state index contributed by atoms with van der Waals surface area (Å²) >= 11 is 0. The van der Waals surface area contributed by atoms with Crippen LogP contribution in [0.1, 0.15) is 53.3 Å². The van der Waals surface area contributed by atoms with Crippen LogP contribution < -0.4 is 4.72 Å². The Morgan fingerprint density at radius 3 is 2.80 bits per heavy atom. The van der Waals surface area contributed by atoms with Gasteiger partial charge < -0.3 is 13.7 Å². The van der Waals surface area contributed by atoms with Crippen LogP contribution in [0.25, 0.3) is 11.0 Å². The number of hydrogen-bond acceptors (Lipinski definition) is 6. The lowest BCUT2D eigenvalue weighted by Crippen LogP contribution is -2.28. The van der Waals surface area contributed by atoms with Crippen LogP contribution in [0.15, 0.2) is 33.7 Å². The molecule has 2 aromatic heterocycles. The van der Waals surface area contributed by atoms with Gasteiger partial charge in [0.2, 0.25) is 15.8 Å². The quantitative estimate of drug-likeness (QED) is 0.549. The zero-order chi connectivity index (χ0) is 21.5. The van der Waals surface area contributed by atoms with E-state index in [9.17, 15) is 13.2 Å². The van der Waals surface area contributed by atoms with Gasteiger partial charge in [-0.25, -0.2) is 22.9 Å². The van der Waals surface area contributed by atoms with Crippen LogP contribution in [0.2, 0.25) is 0 Å². The summed E-state index contributed by atoms with van der Waals surface area (Å²) in [5.74, 6) is 1.07. The Balaban J connectivity index is 1.52. The number of fused-ring (bicyclic) bond motifs is 1. The van der Waals surface area contributed by atoms with Crippen molar-refractivity contribution >= 4 is 27.0 Å². The topological polar surface area (TPSA) is 103 Å². The van der Waals surface area contributed by atoms with E-state index < -0.39 is 16.0 Å². The van der Waals surface area contributed by atoms with Crippen molar-refractivity contribution < 1.29 is 22.4 Å². The van der Waals surface area contributed by atoms with E-state index in [-0.39, 0.29) is 23.8 Å². The summed E-state index contributed by atoms with van der Waals surface area (Å²) in [5, 5.41) is 0.572. The molecule has 2 heterocycles. The van der Waals surface area contributed by atoms with E-state index in [1.807, 2.05) is 13.1 Å². The molecule has 0 radical (unpaired) electrons. The molecule has 4 rings (SSSR count). The fourth-order valence-electron chi connectivity index (χ4n) is 3.57. The van der Waals surface area contributed by atoms with E-state index in [0.29, 0.717) is 29.0 Å². The molecule has 0 atom stereocenters. The third kappa shape index (κ3) is 3.87. The lowest BCUT2D eigenvalue weighted by molar-refractivity contribution is 0.0491. The summed E-state index contributed by atoms with van der Waals surface area (Å²) in [4.78, 5) is 16.6. The van der Waals surface area contributed by atoms with Gasteiger partial charge in [-0.1, -0.05) is 0 Å². The van der Waals surface area contributed by atoms with Crippen LogP contribution in [-0.2, 0) is 21.3 Å². The minimum absolute atomic E-state index is 0.0949. The Morgan fingerprint density at radius 2 is 2.10 bits per heavy atom. The number of sulfonamides is 1. The first-order valence-electron chi connectivity index (χ1n) is 10.0. The van der Waals surface area contributed by atoms with Crippen LogP contribution in [0.5, 0.6) is 0 Å². The maximum absolute atomic E-state index is 12.8. The summed E-state index contributed by atoms with van der Waals surface area (Å²) in [6.45, 7) is 6.42. The molecular formula is C21H25N3O5S. The van der Waals surface area contributed by atoms with Crippen LogP contribution in [0.3, 0.4) is 0 Å². The van der Waals surface area contributed by atoms with Crippen LogP contribution in [0, 0.1) is 13.8 Å². The molecule has 0 bridgehead atoms. The molecule has 1 N–H and O–H groups in total. The third-order valence-corrected chi connectivity index (χ3v) is 6.79. The standard InChI is InChI=1S/C21H25N3O5S/c1-4-28-21(25)19-14(3)17-11-16(7-8-18(17)29-19)30(26,27)23-9-10-24-13(2)12-22-20(24)15-5-6-15/h7-8,11-12,15,23H,4-6,9-10H2,1-3H3. The number of benzene rings is 1. The number of furan rings is 1. The average Bonchev–Trinajstić information content (AvgIpc) is 3.41. The predicted molar refractivity (Wildman–Crippen MR) is 111 cm³/mol. The second-order valence-electron chi connectivity index (χ2n) is 7.52. The first-order valence-corrected chi connectivity index (χ1v) is 11.5. The molecular weight excluding hydrogens is 406 g/mol. The number of hydrogen-bond donors (Lipinski definition) is 1. The summed E-state index contributed by atoms with van der Waals surface area (Å²) in [6.07, 6.45) is 4.11. The second kappa shape index (κ2) is 7.88. The van der Waals surface area contributed by atoms with Crippen molar-refractivity contribution in [2.45, 2.75) is 51.0 Å². The molecule has 8 nitrogen and oxygen atoms in total. The second-order valence-corrected chi connectivity index (χ2v) is 9.28. The van der Waals surface area contributed by atoms with Crippen LogP contribution in [0.4, 0.5) is 0 Å². The first kappa shape index (κ1) is 20.6. The molecule has 30 heavy (non-hydrogen) atoms. The molecule has 0 unspecified atom stereocenters. The number of carbonyl (C=O) groups is 1. The van der Waals surface area contributed by atoms with Gasteiger partial charge in [0.1, 0.15) is 11.4 Å². The maximum Gasteiger partial charge on any atom is 0.374 e. The van der Waals surface area contributed by atoms with E-state index in [4.69, 9.17) is 9.15 Å². The zero-order valence-corrected chi connectivity index (χ0v) is 18.1. The Kier molecular flexibility index (Phi) is 5.42. The molecule has 0 amide bonds. The van der Waals surface area contributed by atoms with Crippen LogP contribution in [-0.4, -0.2) is 37.1 Å². The number of aryl methyl sites for hydroxylation is 2.